The Morgan fingerprint density at radius 2 is 1.83 bits per heavy atom. The monoisotopic (exact) mass is 277 g/mol. The van der Waals surface area contributed by atoms with Gasteiger partial charge in [0, 0.05) is 25.8 Å². The first-order valence-corrected chi connectivity index (χ1v) is 8.01. The van der Waals surface area contributed by atoms with Crippen LogP contribution in [0.15, 0.2) is 0 Å². The summed E-state index contributed by atoms with van der Waals surface area (Å²) in [5.41, 5.74) is 0. The van der Waals surface area contributed by atoms with E-state index < -0.39 is 21.6 Å². The summed E-state index contributed by atoms with van der Waals surface area (Å²) >= 11 is 0. The number of carbonyl (C=O) groups is 2. The van der Waals surface area contributed by atoms with E-state index in [4.69, 9.17) is 5.11 Å². The van der Waals surface area contributed by atoms with Crippen molar-refractivity contribution in [1.82, 2.24) is 4.90 Å². The van der Waals surface area contributed by atoms with Crippen molar-refractivity contribution in [3.63, 3.8) is 0 Å². The van der Waals surface area contributed by atoms with Crippen LogP contribution in [-0.2, 0) is 19.4 Å². The number of amides is 1. The van der Waals surface area contributed by atoms with Gasteiger partial charge in [0.2, 0.25) is 5.91 Å². The van der Waals surface area contributed by atoms with E-state index in [1.165, 1.54) is 0 Å². The van der Waals surface area contributed by atoms with Crippen molar-refractivity contribution in [2.45, 2.75) is 25.7 Å². The zero-order valence-corrected chi connectivity index (χ0v) is 11.3. The lowest BCUT2D eigenvalue weighted by molar-refractivity contribution is -0.137. The minimum absolute atomic E-state index is 0.155. The van der Waals surface area contributed by atoms with Crippen molar-refractivity contribution in [2.75, 3.05) is 25.1 Å². The Balaban J connectivity index is 2.35. The molecule has 1 rings (SSSR count). The lowest BCUT2D eigenvalue weighted by Gasteiger charge is -2.31. The summed E-state index contributed by atoms with van der Waals surface area (Å²) in [7, 11) is -3.28. The van der Waals surface area contributed by atoms with Gasteiger partial charge in [-0.1, -0.05) is 0 Å². The SMILES string of the molecule is CS(=O)(=O)CC(=O)N1CCC(CCC(=O)O)CC1. The number of carboxylic acid groups (broad SMARTS) is 1. The maximum absolute atomic E-state index is 11.6. The lowest BCUT2D eigenvalue weighted by atomic mass is 9.92. The number of hydrogen-bond donors (Lipinski definition) is 1. The molecule has 6 nitrogen and oxygen atoms in total. The molecule has 0 aromatic heterocycles. The normalized spacial score (nSPS) is 17.7. The van der Waals surface area contributed by atoms with Crippen LogP contribution in [0.3, 0.4) is 0 Å². The van der Waals surface area contributed by atoms with Gasteiger partial charge in [0.1, 0.15) is 5.75 Å². The Labute approximate surface area is 107 Å². The molecule has 0 spiro atoms. The third kappa shape index (κ3) is 5.48. The number of hydrogen-bond acceptors (Lipinski definition) is 4. The van der Waals surface area contributed by atoms with Gasteiger partial charge in [-0.2, -0.15) is 0 Å². The van der Waals surface area contributed by atoms with Gasteiger partial charge in [-0.25, -0.2) is 8.42 Å². The Kier molecular flexibility index (Phi) is 5.13. The van der Waals surface area contributed by atoms with E-state index in [2.05, 4.69) is 0 Å². The van der Waals surface area contributed by atoms with Gasteiger partial charge in [-0.15, -0.1) is 0 Å². The van der Waals surface area contributed by atoms with Crippen molar-refractivity contribution in [3.8, 4) is 0 Å². The maximum Gasteiger partial charge on any atom is 0.303 e. The Morgan fingerprint density at radius 1 is 1.28 bits per heavy atom. The van der Waals surface area contributed by atoms with E-state index in [9.17, 15) is 18.0 Å². The van der Waals surface area contributed by atoms with Gasteiger partial charge in [0.15, 0.2) is 9.84 Å². The number of sulfone groups is 1. The van der Waals surface area contributed by atoms with Crippen LogP contribution in [0, 0.1) is 5.92 Å². The second-order valence-corrected chi connectivity index (χ2v) is 6.97. The molecule has 0 unspecified atom stereocenters. The third-order valence-electron chi connectivity index (χ3n) is 3.12. The van der Waals surface area contributed by atoms with E-state index in [0.717, 1.165) is 19.1 Å². The third-order valence-corrected chi connectivity index (χ3v) is 3.89. The van der Waals surface area contributed by atoms with E-state index in [1.54, 1.807) is 4.90 Å². The zero-order chi connectivity index (χ0) is 13.8. The minimum Gasteiger partial charge on any atom is -0.481 e. The van der Waals surface area contributed by atoms with Crippen LogP contribution in [0.4, 0.5) is 0 Å². The predicted octanol–water partition coefficient (Wildman–Crippen LogP) is 0.134. The molecule has 1 saturated heterocycles. The number of nitrogens with zero attached hydrogens (tertiary/aromatic N) is 1. The fraction of sp³-hybridized carbons (Fsp3) is 0.818. The van der Waals surface area contributed by atoms with E-state index in [1.807, 2.05) is 0 Å². The van der Waals surface area contributed by atoms with Crippen LogP contribution in [0.5, 0.6) is 0 Å². The van der Waals surface area contributed by atoms with Gasteiger partial charge in [-0.05, 0) is 25.2 Å². The summed E-state index contributed by atoms with van der Waals surface area (Å²) in [4.78, 5) is 23.6. The van der Waals surface area contributed by atoms with Gasteiger partial charge < -0.3 is 10.0 Å². The summed E-state index contributed by atoms with van der Waals surface area (Å²) < 4.78 is 22.0. The molecule has 0 radical (unpaired) electrons. The Morgan fingerprint density at radius 3 is 2.28 bits per heavy atom. The lowest BCUT2D eigenvalue weighted by Crippen LogP contribution is -2.41. The maximum atomic E-state index is 11.6. The van der Waals surface area contributed by atoms with Crippen molar-refractivity contribution in [2.24, 2.45) is 5.92 Å². The summed E-state index contributed by atoms with van der Waals surface area (Å²) in [5.74, 6) is -1.27. The highest BCUT2D eigenvalue weighted by molar-refractivity contribution is 7.91. The zero-order valence-electron chi connectivity index (χ0n) is 10.5. The average molecular weight is 277 g/mol. The quantitative estimate of drug-likeness (QED) is 0.771. The topological polar surface area (TPSA) is 91.8 Å². The summed E-state index contributed by atoms with van der Waals surface area (Å²) in [5, 5.41) is 8.58. The second kappa shape index (κ2) is 6.17. The van der Waals surface area contributed by atoms with Gasteiger partial charge in [0.05, 0.1) is 0 Å². The van der Waals surface area contributed by atoms with Crippen molar-refractivity contribution < 1.29 is 23.1 Å². The smallest absolute Gasteiger partial charge is 0.303 e. The average Bonchev–Trinajstić information content (AvgIpc) is 2.24. The van der Waals surface area contributed by atoms with Crippen LogP contribution >= 0.6 is 0 Å². The number of carboxylic acids is 1. The van der Waals surface area contributed by atoms with E-state index in [-0.39, 0.29) is 12.3 Å². The molecule has 1 aliphatic rings. The van der Waals surface area contributed by atoms with Crippen molar-refractivity contribution >= 4 is 21.7 Å². The summed E-state index contributed by atoms with van der Waals surface area (Å²) in [6.07, 6.45) is 3.33. The van der Waals surface area contributed by atoms with E-state index >= 15 is 0 Å². The molecule has 0 aliphatic carbocycles. The van der Waals surface area contributed by atoms with Crippen LogP contribution in [0.2, 0.25) is 0 Å². The highest BCUT2D eigenvalue weighted by Gasteiger charge is 2.24. The van der Waals surface area contributed by atoms with Gasteiger partial charge in [0.25, 0.3) is 0 Å². The molecule has 1 heterocycles. The van der Waals surface area contributed by atoms with Crippen LogP contribution < -0.4 is 0 Å². The van der Waals surface area contributed by atoms with Crippen LogP contribution in [-0.4, -0.2) is 55.4 Å². The molecular formula is C11H19NO5S. The molecule has 0 atom stereocenters. The summed E-state index contributed by atoms with van der Waals surface area (Å²) in [6.45, 7) is 1.05. The largest absolute Gasteiger partial charge is 0.481 e. The molecule has 18 heavy (non-hydrogen) atoms. The second-order valence-electron chi connectivity index (χ2n) is 4.83. The molecule has 104 valence electrons. The van der Waals surface area contributed by atoms with Crippen molar-refractivity contribution in [3.05, 3.63) is 0 Å². The minimum atomic E-state index is -3.28. The molecule has 0 saturated carbocycles. The van der Waals surface area contributed by atoms with Crippen LogP contribution in [0.1, 0.15) is 25.7 Å². The first-order valence-electron chi connectivity index (χ1n) is 5.95. The molecule has 1 aliphatic heterocycles. The first-order chi connectivity index (χ1) is 8.28. The molecule has 7 heteroatoms. The highest BCUT2D eigenvalue weighted by Crippen LogP contribution is 2.21. The van der Waals surface area contributed by atoms with Crippen LogP contribution in [0.25, 0.3) is 0 Å². The predicted molar refractivity (Wildman–Crippen MR) is 65.9 cm³/mol. The van der Waals surface area contributed by atoms with Gasteiger partial charge >= 0.3 is 5.97 Å². The van der Waals surface area contributed by atoms with Crippen molar-refractivity contribution in [1.29, 1.82) is 0 Å². The molecule has 0 aromatic rings. The highest BCUT2D eigenvalue weighted by atomic mass is 32.2. The molecule has 1 amide bonds. The molecule has 1 N–H and O–H groups in total. The van der Waals surface area contributed by atoms with Gasteiger partial charge in [-0.3, -0.25) is 9.59 Å². The molecule has 1 fully saturated rings. The standard InChI is InChI=1S/C11H19NO5S/c1-18(16,17)8-10(13)12-6-4-9(5-7-12)2-3-11(14)15/h9H,2-8H2,1H3,(H,14,15). The number of carbonyl (C=O) groups excluding carboxylic acids is 1. The fourth-order valence-corrected chi connectivity index (χ4v) is 2.75. The molecular weight excluding hydrogens is 258 g/mol. The molecule has 0 bridgehead atoms. The Hall–Kier alpha value is -1.11. The Bertz CT molecular complexity index is 409. The van der Waals surface area contributed by atoms with E-state index in [0.29, 0.717) is 25.4 Å². The number of likely N-dealkylation sites (tertiary alicyclic amines) is 1. The molecule has 0 aromatic carbocycles. The number of rotatable bonds is 5. The number of aliphatic carboxylic acids is 1. The first kappa shape index (κ1) is 14.9. The fourth-order valence-electron chi connectivity index (χ4n) is 2.11. The number of piperidine rings is 1. The summed E-state index contributed by atoms with van der Waals surface area (Å²) in [6, 6.07) is 0.